The number of nitrogens with zero attached hydrogens (tertiary/aromatic N) is 1. The Morgan fingerprint density at radius 1 is 1.07 bits per heavy atom. The molecule has 2 N–H and O–H groups in total. The molecule has 0 saturated carbocycles. The van der Waals surface area contributed by atoms with Gasteiger partial charge in [-0.05, 0) is 44.2 Å². The molecule has 9 heteroatoms. The van der Waals surface area contributed by atoms with Gasteiger partial charge in [0.1, 0.15) is 0 Å². The third-order valence-electron chi connectivity index (χ3n) is 4.46. The van der Waals surface area contributed by atoms with Crippen molar-refractivity contribution in [1.82, 2.24) is 5.32 Å². The first kappa shape index (κ1) is 23.5. The maximum atomic E-state index is 13.1. The highest BCUT2D eigenvalue weighted by Gasteiger charge is 2.31. The van der Waals surface area contributed by atoms with E-state index in [1.54, 1.807) is 24.3 Å². The van der Waals surface area contributed by atoms with E-state index < -0.39 is 23.6 Å². The molecule has 2 amide bonds. The molecular weight excluding hydrogens is 419 g/mol. The topological polar surface area (TPSA) is 61.4 Å². The number of anilines is 2. The van der Waals surface area contributed by atoms with Gasteiger partial charge in [-0.25, -0.2) is 0 Å². The van der Waals surface area contributed by atoms with Crippen LogP contribution in [0.25, 0.3) is 0 Å². The Morgan fingerprint density at radius 2 is 1.73 bits per heavy atom. The molecule has 0 bridgehead atoms. The molecule has 2 aromatic carbocycles. The Kier molecular flexibility index (Phi) is 8.11. The van der Waals surface area contributed by atoms with Gasteiger partial charge in [0, 0.05) is 26.1 Å². The summed E-state index contributed by atoms with van der Waals surface area (Å²) in [6, 6.07) is 9.75. The molecule has 0 saturated heterocycles. The number of hydrogen-bond acceptors (Lipinski definition) is 3. The van der Waals surface area contributed by atoms with Crippen LogP contribution in [0.4, 0.5) is 24.5 Å². The summed E-state index contributed by atoms with van der Waals surface area (Å²) in [6.07, 6.45) is -4.63. The molecule has 30 heavy (non-hydrogen) atoms. The van der Waals surface area contributed by atoms with Gasteiger partial charge in [-0.3, -0.25) is 9.59 Å². The molecule has 0 fully saturated rings. The number of carbonyl (C=O) groups excluding carboxylic acids is 2. The average molecular weight is 442 g/mol. The molecule has 162 valence electrons. The Bertz CT molecular complexity index is 899. The minimum Gasteiger partial charge on any atom is -0.370 e. The molecule has 5 nitrogen and oxygen atoms in total. The quantitative estimate of drug-likeness (QED) is 0.608. The smallest absolute Gasteiger partial charge is 0.370 e. The minimum absolute atomic E-state index is 0.00938. The van der Waals surface area contributed by atoms with E-state index in [1.165, 1.54) is 6.07 Å². The fourth-order valence-corrected chi connectivity index (χ4v) is 3.12. The highest BCUT2D eigenvalue weighted by molar-refractivity contribution is 6.33. The van der Waals surface area contributed by atoms with E-state index in [9.17, 15) is 22.8 Å². The number of nitrogens with one attached hydrogen (secondary N) is 2. The Balaban J connectivity index is 2.07. The maximum Gasteiger partial charge on any atom is 0.416 e. The molecule has 0 unspecified atom stereocenters. The first-order valence-corrected chi connectivity index (χ1v) is 9.83. The number of amides is 2. The SMILES string of the molecule is CCN(CC)c1ccc(C(F)(F)F)cc1NC(=O)CCNC(=O)c1ccccc1Cl. The van der Waals surface area contributed by atoms with Gasteiger partial charge < -0.3 is 15.5 Å². The Labute approximate surface area is 178 Å². The number of alkyl halides is 3. The van der Waals surface area contributed by atoms with Crippen LogP contribution in [0.5, 0.6) is 0 Å². The summed E-state index contributed by atoms with van der Waals surface area (Å²) < 4.78 is 39.3. The van der Waals surface area contributed by atoms with Gasteiger partial charge in [-0.2, -0.15) is 13.2 Å². The van der Waals surface area contributed by atoms with Crippen molar-refractivity contribution in [1.29, 1.82) is 0 Å². The maximum absolute atomic E-state index is 13.1. The summed E-state index contributed by atoms with van der Waals surface area (Å²) in [6.45, 7) is 4.89. The minimum atomic E-state index is -4.52. The molecule has 0 aliphatic rings. The zero-order valence-electron chi connectivity index (χ0n) is 16.6. The van der Waals surface area contributed by atoms with Crippen LogP contribution in [-0.2, 0) is 11.0 Å². The van der Waals surface area contributed by atoms with Gasteiger partial charge in [0.05, 0.1) is 27.5 Å². The van der Waals surface area contributed by atoms with Crippen molar-refractivity contribution in [2.45, 2.75) is 26.4 Å². The molecule has 2 rings (SSSR count). The molecule has 0 aromatic heterocycles. The largest absolute Gasteiger partial charge is 0.416 e. The van der Waals surface area contributed by atoms with Crippen LogP contribution >= 0.6 is 11.6 Å². The van der Waals surface area contributed by atoms with Gasteiger partial charge in [0.15, 0.2) is 0 Å². The Hall–Kier alpha value is -2.74. The number of halogens is 4. The van der Waals surface area contributed by atoms with Crippen LogP contribution in [0, 0.1) is 0 Å². The second-order valence-corrected chi connectivity index (χ2v) is 6.84. The lowest BCUT2D eigenvalue weighted by atomic mass is 10.1. The lowest BCUT2D eigenvalue weighted by molar-refractivity contribution is -0.137. The summed E-state index contributed by atoms with van der Waals surface area (Å²) in [5.74, 6) is -0.946. The van der Waals surface area contributed by atoms with E-state index in [2.05, 4.69) is 10.6 Å². The van der Waals surface area contributed by atoms with Crippen LogP contribution in [0.2, 0.25) is 5.02 Å². The van der Waals surface area contributed by atoms with Crippen molar-refractivity contribution in [3.8, 4) is 0 Å². The molecule has 2 aromatic rings. The van der Waals surface area contributed by atoms with Crippen molar-refractivity contribution in [2.75, 3.05) is 29.9 Å². The third kappa shape index (κ3) is 6.13. The summed E-state index contributed by atoms with van der Waals surface area (Å²) in [7, 11) is 0. The van der Waals surface area contributed by atoms with E-state index in [0.717, 1.165) is 12.1 Å². The van der Waals surface area contributed by atoms with Crippen molar-refractivity contribution in [3.05, 3.63) is 58.6 Å². The van der Waals surface area contributed by atoms with E-state index in [-0.39, 0.29) is 29.2 Å². The molecule has 0 atom stereocenters. The normalized spacial score (nSPS) is 11.1. The highest BCUT2D eigenvalue weighted by atomic mass is 35.5. The van der Waals surface area contributed by atoms with Gasteiger partial charge in [-0.1, -0.05) is 23.7 Å². The standard InChI is InChI=1S/C21H23ClF3N3O2/c1-3-28(4-2)18-10-9-14(21(23,24)25)13-17(18)27-19(29)11-12-26-20(30)15-7-5-6-8-16(15)22/h5-10,13H,3-4,11-12H2,1-2H3,(H,26,30)(H,27,29). The summed E-state index contributed by atoms with van der Waals surface area (Å²) in [5.41, 5.74) is 0.0133. The number of benzene rings is 2. The van der Waals surface area contributed by atoms with Crippen LogP contribution in [0.1, 0.15) is 36.2 Å². The van der Waals surface area contributed by atoms with Crippen LogP contribution in [0.3, 0.4) is 0 Å². The molecule has 0 heterocycles. The summed E-state index contributed by atoms with van der Waals surface area (Å²) in [5, 5.41) is 5.40. The predicted octanol–water partition coefficient (Wildman–Crippen LogP) is 4.96. The number of hydrogen-bond donors (Lipinski definition) is 2. The van der Waals surface area contributed by atoms with E-state index >= 15 is 0 Å². The molecular formula is C21H23ClF3N3O2. The molecule has 0 radical (unpaired) electrons. The van der Waals surface area contributed by atoms with Crippen molar-refractivity contribution < 1.29 is 22.8 Å². The predicted molar refractivity (Wildman–Crippen MR) is 112 cm³/mol. The Morgan fingerprint density at radius 3 is 2.33 bits per heavy atom. The van der Waals surface area contributed by atoms with Crippen molar-refractivity contribution >= 4 is 34.8 Å². The molecule has 0 aliphatic carbocycles. The number of rotatable bonds is 8. The van der Waals surface area contributed by atoms with Gasteiger partial charge in [-0.15, -0.1) is 0 Å². The average Bonchev–Trinajstić information content (AvgIpc) is 2.69. The second-order valence-electron chi connectivity index (χ2n) is 6.44. The number of carbonyl (C=O) groups is 2. The van der Waals surface area contributed by atoms with E-state index in [0.29, 0.717) is 18.8 Å². The van der Waals surface area contributed by atoms with E-state index in [4.69, 9.17) is 11.6 Å². The monoisotopic (exact) mass is 441 g/mol. The van der Waals surface area contributed by atoms with Crippen molar-refractivity contribution in [3.63, 3.8) is 0 Å². The van der Waals surface area contributed by atoms with E-state index in [1.807, 2.05) is 18.7 Å². The molecule has 0 aliphatic heterocycles. The van der Waals surface area contributed by atoms with Crippen molar-refractivity contribution in [2.24, 2.45) is 0 Å². The first-order valence-electron chi connectivity index (χ1n) is 9.46. The van der Waals surface area contributed by atoms with Crippen LogP contribution in [0.15, 0.2) is 42.5 Å². The summed E-state index contributed by atoms with van der Waals surface area (Å²) in [4.78, 5) is 26.3. The van der Waals surface area contributed by atoms with Crippen LogP contribution < -0.4 is 15.5 Å². The van der Waals surface area contributed by atoms with Gasteiger partial charge in [0.25, 0.3) is 5.91 Å². The fourth-order valence-electron chi connectivity index (χ4n) is 2.90. The highest BCUT2D eigenvalue weighted by Crippen LogP contribution is 2.35. The van der Waals surface area contributed by atoms with Crippen LogP contribution in [-0.4, -0.2) is 31.4 Å². The molecule has 0 spiro atoms. The fraction of sp³-hybridized carbons (Fsp3) is 0.333. The zero-order valence-corrected chi connectivity index (χ0v) is 17.4. The summed E-state index contributed by atoms with van der Waals surface area (Å²) >= 11 is 5.96. The van der Waals surface area contributed by atoms with Gasteiger partial charge >= 0.3 is 6.18 Å². The zero-order chi connectivity index (χ0) is 22.3. The second kappa shape index (κ2) is 10.3. The lowest BCUT2D eigenvalue weighted by Gasteiger charge is -2.25. The van der Waals surface area contributed by atoms with Gasteiger partial charge in [0.2, 0.25) is 5.91 Å². The first-order chi connectivity index (χ1) is 14.2. The lowest BCUT2D eigenvalue weighted by Crippen LogP contribution is -2.28. The third-order valence-corrected chi connectivity index (χ3v) is 4.79.